The molecule has 0 bridgehead atoms. The number of carboxylic acid groups (broad SMARTS) is 1. The summed E-state index contributed by atoms with van der Waals surface area (Å²) in [6.45, 7) is 2.41. The normalized spacial score (nSPS) is 9.70. The van der Waals surface area contributed by atoms with Crippen molar-refractivity contribution in [3.8, 4) is 5.75 Å². The van der Waals surface area contributed by atoms with Crippen LogP contribution in [0.1, 0.15) is 34.0 Å². The van der Waals surface area contributed by atoms with E-state index in [1.54, 1.807) is 19.1 Å². The van der Waals surface area contributed by atoms with E-state index in [1.807, 2.05) is 0 Å². The van der Waals surface area contributed by atoms with E-state index in [1.165, 1.54) is 24.3 Å². The molecule has 0 saturated carbocycles. The van der Waals surface area contributed by atoms with Gasteiger partial charge in [0.2, 0.25) is 0 Å². The number of primary amides is 1. The van der Waals surface area contributed by atoms with Crippen molar-refractivity contribution < 1.29 is 28.6 Å². The molecule has 0 radical (unpaired) electrons. The van der Waals surface area contributed by atoms with Crippen LogP contribution in [-0.2, 0) is 16.1 Å². The maximum atomic E-state index is 13.3. The van der Waals surface area contributed by atoms with Crippen molar-refractivity contribution >= 4 is 23.6 Å². The second-order valence-electron chi connectivity index (χ2n) is 6.16. The number of hydrogen-bond acceptors (Lipinski definition) is 5. The highest BCUT2D eigenvalue weighted by atomic mass is 19.1. The number of ether oxygens (including phenoxy) is 1. The summed E-state index contributed by atoms with van der Waals surface area (Å²) >= 11 is 0. The van der Waals surface area contributed by atoms with Crippen LogP contribution in [0, 0.1) is 18.2 Å². The summed E-state index contributed by atoms with van der Waals surface area (Å²) in [5.41, 5.74) is 12.2. The molecule has 2 amide bonds. The largest absolute Gasteiger partial charge is 0.483 e. The zero-order valence-electron chi connectivity index (χ0n) is 16.5. The van der Waals surface area contributed by atoms with Crippen LogP contribution in [0.3, 0.4) is 0 Å². The predicted octanol–water partition coefficient (Wildman–Crippen LogP) is 1.30. The summed E-state index contributed by atoms with van der Waals surface area (Å²) in [4.78, 5) is 32.2. The molecule has 0 aliphatic rings. The van der Waals surface area contributed by atoms with Crippen LogP contribution in [-0.4, -0.2) is 35.3 Å². The number of aliphatic carboxylic acids is 1. The second kappa shape index (κ2) is 11.1. The molecule has 7 N–H and O–H groups in total. The lowest BCUT2D eigenvalue weighted by Crippen LogP contribution is -2.24. The second-order valence-corrected chi connectivity index (χ2v) is 6.16. The van der Waals surface area contributed by atoms with E-state index in [-0.39, 0.29) is 36.5 Å². The van der Waals surface area contributed by atoms with Gasteiger partial charge in [0.1, 0.15) is 17.4 Å². The smallest absolute Gasteiger partial charge is 0.300 e. The van der Waals surface area contributed by atoms with Gasteiger partial charge in [-0.3, -0.25) is 19.8 Å². The first-order valence-electron chi connectivity index (χ1n) is 8.63. The molecule has 0 aliphatic carbocycles. The standard InChI is InChI=1S/C18H19FN4O3.C2H4O2/c1-10-6-12(4-5-14(10)19)18(25)23-8-13-3-2-11(17(21)22)7-15(13)26-9-16(20)24;1-2(3)4/h2-7H,8-9H2,1H3,(H2,20,24)(H3,21,22)(H,23,25);1H3,(H,3,4). The summed E-state index contributed by atoms with van der Waals surface area (Å²) in [6, 6.07) is 8.80. The summed E-state index contributed by atoms with van der Waals surface area (Å²) in [5.74, 6) is -2.14. The lowest BCUT2D eigenvalue weighted by Gasteiger charge is -2.13. The van der Waals surface area contributed by atoms with Crippen molar-refractivity contribution in [1.29, 1.82) is 5.41 Å². The van der Waals surface area contributed by atoms with Gasteiger partial charge in [0.15, 0.2) is 6.61 Å². The number of amidine groups is 1. The van der Waals surface area contributed by atoms with Crippen LogP contribution in [0.4, 0.5) is 4.39 Å². The number of amides is 2. The first kappa shape index (κ1) is 24.1. The maximum absolute atomic E-state index is 13.3. The van der Waals surface area contributed by atoms with Gasteiger partial charge in [-0.25, -0.2) is 4.39 Å². The monoisotopic (exact) mass is 418 g/mol. The van der Waals surface area contributed by atoms with E-state index in [2.05, 4.69) is 5.32 Å². The number of benzene rings is 2. The molecule has 0 saturated heterocycles. The van der Waals surface area contributed by atoms with Crippen LogP contribution in [0.2, 0.25) is 0 Å². The average Bonchev–Trinajstić information content (AvgIpc) is 2.66. The van der Waals surface area contributed by atoms with Gasteiger partial charge in [-0.1, -0.05) is 12.1 Å². The topological polar surface area (TPSA) is 169 Å². The van der Waals surface area contributed by atoms with Crippen LogP contribution in [0.15, 0.2) is 36.4 Å². The molecule has 2 aromatic rings. The Hall–Kier alpha value is -3.95. The third kappa shape index (κ3) is 7.97. The van der Waals surface area contributed by atoms with E-state index in [9.17, 15) is 14.0 Å². The van der Waals surface area contributed by atoms with Crippen molar-refractivity contribution in [3.05, 3.63) is 64.5 Å². The molecule has 9 nitrogen and oxygen atoms in total. The number of nitrogens with one attached hydrogen (secondary N) is 2. The molecule has 160 valence electrons. The van der Waals surface area contributed by atoms with Gasteiger partial charge in [0.25, 0.3) is 17.8 Å². The molecular weight excluding hydrogens is 395 g/mol. The number of rotatable bonds is 7. The molecule has 0 unspecified atom stereocenters. The van der Waals surface area contributed by atoms with Gasteiger partial charge in [0, 0.05) is 30.2 Å². The van der Waals surface area contributed by atoms with Crippen LogP contribution >= 0.6 is 0 Å². The Bertz CT molecular complexity index is 958. The van der Waals surface area contributed by atoms with Crippen molar-refractivity contribution in [3.63, 3.8) is 0 Å². The van der Waals surface area contributed by atoms with Crippen molar-refractivity contribution in [2.75, 3.05) is 6.61 Å². The summed E-state index contributed by atoms with van der Waals surface area (Å²) in [6.07, 6.45) is 0. The number of nitrogens with two attached hydrogens (primary N) is 2. The minimum Gasteiger partial charge on any atom is -0.483 e. The van der Waals surface area contributed by atoms with E-state index < -0.39 is 11.9 Å². The molecule has 0 aliphatic heterocycles. The minimum absolute atomic E-state index is 0.0987. The van der Waals surface area contributed by atoms with Crippen molar-refractivity contribution in [1.82, 2.24) is 5.32 Å². The lowest BCUT2D eigenvalue weighted by molar-refractivity contribution is -0.134. The Morgan fingerprint density at radius 3 is 2.27 bits per heavy atom. The highest BCUT2D eigenvalue weighted by Gasteiger charge is 2.12. The van der Waals surface area contributed by atoms with Crippen LogP contribution in [0.25, 0.3) is 0 Å². The number of carboxylic acids is 1. The Morgan fingerprint density at radius 2 is 1.73 bits per heavy atom. The fourth-order valence-corrected chi connectivity index (χ4v) is 2.21. The van der Waals surface area contributed by atoms with Gasteiger partial charge in [-0.15, -0.1) is 0 Å². The van der Waals surface area contributed by atoms with Gasteiger partial charge in [-0.05, 0) is 36.8 Å². The Balaban J connectivity index is 0.00000103. The third-order valence-electron chi connectivity index (χ3n) is 3.61. The fraction of sp³-hybridized carbons (Fsp3) is 0.200. The number of carbonyl (C=O) groups is 3. The lowest BCUT2D eigenvalue weighted by atomic mass is 10.1. The van der Waals surface area contributed by atoms with Crippen LogP contribution < -0.4 is 21.5 Å². The Labute approximate surface area is 172 Å². The fourth-order valence-electron chi connectivity index (χ4n) is 2.21. The number of halogens is 1. The maximum Gasteiger partial charge on any atom is 0.300 e. The zero-order valence-corrected chi connectivity index (χ0v) is 16.5. The molecular formula is C20H23FN4O5. The van der Waals surface area contributed by atoms with E-state index >= 15 is 0 Å². The number of aryl methyl sites for hydroxylation is 1. The average molecular weight is 418 g/mol. The van der Waals surface area contributed by atoms with Gasteiger partial charge in [0.05, 0.1) is 0 Å². The summed E-state index contributed by atoms with van der Waals surface area (Å²) < 4.78 is 18.6. The van der Waals surface area contributed by atoms with Crippen molar-refractivity contribution in [2.24, 2.45) is 11.5 Å². The van der Waals surface area contributed by atoms with Gasteiger partial charge in [-0.2, -0.15) is 0 Å². The predicted molar refractivity (Wildman–Crippen MR) is 108 cm³/mol. The summed E-state index contributed by atoms with van der Waals surface area (Å²) in [7, 11) is 0. The van der Waals surface area contributed by atoms with Gasteiger partial charge < -0.3 is 26.6 Å². The molecule has 2 rings (SSSR count). The Morgan fingerprint density at radius 1 is 1.13 bits per heavy atom. The first-order chi connectivity index (χ1) is 14.0. The highest BCUT2D eigenvalue weighted by molar-refractivity contribution is 5.96. The van der Waals surface area contributed by atoms with E-state index in [0.29, 0.717) is 22.3 Å². The number of hydrogen-bond donors (Lipinski definition) is 5. The number of nitrogen functional groups attached to an aromatic ring is 1. The first-order valence-corrected chi connectivity index (χ1v) is 8.63. The Kier molecular flexibility index (Phi) is 8.95. The molecule has 0 heterocycles. The van der Waals surface area contributed by atoms with Crippen LogP contribution in [0.5, 0.6) is 5.75 Å². The molecule has 0 fully saturated rings. The zero-order chi connectivity index (χ0) is 22.8. The van der Waals surface area contributed by atoms with E-state index in [4.69, 9.17) is 31.5 Å². The van der Waals surface area contributed by atoms with Gasteiger partial charge >= 0.3 is 0 Å². The molecule has 0 spiro atoms. The highest BCUT2D eigenvalue weighted by Crippen LogP contribution is 2.21. The third-order valence-corrected chi connectivity index (χ3v) is 3.61. The molecule has 10 heteroatoms. The molecule has 2 aromatic carbocycles. The quantitative estimate of drug-likeness (QED) is 0.335. The van der Waals surface area contributed by atoms with Crippen molar-refractivity contribution in [2.45, 2.75) is 20.4 Å². The summed E-state index contributed by atoms with van der Waals surface area (Å²) in [5, 5.41) is 17.6. The number of carbonyl (C=O) groups excluding carboxylic acids is 2. The van der Waals surface area contributed by atoms with E-state index in [0.717, 1.165) is 6.92 Å². The molecule has 0 atom stereocenters. The molecule has 0 aromatic heterocycles. The SMILES string of the molecule is CC(=O)O.Cc1cc(C(=O)NCc2ccc(C(=N)N)cc2OCC(N)=O)ccc1F. The molecule has 30 heavy (non-hydrogen) atoms. The minimum atomic E-state index is -0.833.